The Morgan fingerprint density at radius 3 is 2.48 bits per heavy atom. The van der Waals surface area contributed by atoms with E-state index in [4.69, 9.17) is 5.73 Å². The lowest BCUT2D eigenvalue weighted by atomic mass is 9.74. The smallest absolute Gasteiger partial charge is 0.180 e. The Balaban J connectivity index is 0.00000192. The second kappa shape index (κ2) is 8.11. The molecule has 0 unspecified atom stereocenters. The third-order valence-electron chi connectivity index (χ3n) is 4.62. The number of benzene rings is 1. The van der Waals surface area contributed by atoms with Gasteiger partial charge in [-0.1, -0.05) is 30.3 Å². The van der Waals surface area contributed by atoms with Crippen molar-refractivity contribution in [3.05, 3.63) is 47.0 Å². The molecule has 0 amide bonds. The van der Waals surface area contributed by atoms with Crippen LogP contribution in [0.5, 0.6) is 0 Å². The maximum absolute atomic E-state index is 9.94. The molecule has 1 aliphatic heterocycles. The normalized spacial score (nSPS) is 17.6. The number of hydrogen-bond acceptors (Lipinski definition) is 5. The molecular formula is C17H24ClN3OS. The topological polar surface area (TPSA) is 62.4 Å². The number of nitrogens with zero attached hydrogens (tertiary/aromatic N) is 2. The number of aliphatic hydroxyl groups is 1. The first-order valence-electron chi connectivity index (χ1n) is 7.76. The van der Waals surface area contributed by atoms with Gasteiger partial charge in [0.2, 0.25) is 0 Å². The van der Waals surface area contributed by atoms with Gasteiger partial charge < -0.3 is 10.8 Å². The van der Waals surface area contributed by atoms with Gasteiger partial charge in [-0.2, -0.15) is 0 Å². The van der Waals surface area contributed by atoms with E-state index in [1.54, 1.807) is 11.3 Å². The molecule has 2 aromatic rings. The molecule has 0 saturated carbocycles. The van der Waals surface area contributed by atoms with Crippen molar-refractivity contribution >= 4 is 28.9 Å². The van der Waals surface area contributed by atoms with Crippen molar-refractivity contribution in [2.24, 2.45) is 5.41 Å². The Kier molecular flexibility index (Phi) is 6.41. The van der Waals surface area contributed by atoms with Crippen LogP contribution in [0, 0.1) is 5.41 Å². The molecule has 0 bridgehead atoms. The van der Waals surface area contributed by atoms with Crippen LogP contribution in [0.2, 0.25) is 0 Å². The maximum atomic E-state index is 9.94. The molecule has 1 aliphatic rings. The average Bonchev–Trinajstić information content (AvgIpc) is 2.95. The molecule has 0 aliphatic carbocycles. The van der Waals surface area contributed by atoms with Gasteiger partial charge in [0.1, 0.15) is 0 Å². The standard InChI is InChI=1S/C17H23N3OS.ClH/c18-16-19-11-15(22-16)12-20-8-6-17(13-21,7-9-20)10-14-4-2-1-3-5-14;/h1-5,11,21H,6-10,12-13H2,(H2,18,19);1H. The maximum Gasteiger partial charge on any atom is 0.180 e. The first-order valence-corrected chi connectivity index (χ1v) is 8.58. The minimum Gasteiger partial charge on any atom is -0.396 e. The first kappa shape index (κ1) is 18.2. The Hall–Kier alpha value is -1.14. The summed E-state index contributed by atoms with van der Waals surface area (Å²) in [6.07, 6.45) is 4.91. The van der Waals surface area contributed by atoms with Crippen LogP contribution >= 0.6 is 23.7 Å². The summed E-state index contributed by atoms with van der Waals surface area (Å²) >= 11 is 1.57. The van der Waals surface area contributed by atoms with Gasteiger partial charge in [0.05, 0.1) is 0 Å². The molecule has 0 atom stereocenters. The second-order valence-corrected chi connectivity index (χ2v) is 7.41. The number of hydrogen-bond donors (Lipinski definition) is 2. The SMILES string of the molecule is Cl.Nc1ncc(CN2CCC(CO)(Cc3ccccc3)CC2)s1. The number of nitrogen functional groups attached to an aromatic ring is 1. The molecule has 3 rings (SSSR count). The summed E-state index contributed by atoms with van der Waals surface area (Å²) in [5.74, 6) is 0. The van der Waals surface area contributed by atoms with E-state index in [9.17, 15) is 5.11 Å². The number of thiazole rings is 1. The molecule has 6 heteroatoms. The van der Waals surface area contributed by atoms with Gasteiger partial charge in [0.15, 0.2) is 5.13 Å². The van der Waals surface area contributed by atoms with Crippen molar-refractivity contribution in [3.8, 4) is 0 Å². The molecule has 126 valence electrons. The predicted molar refractivity (Wildman–Crippen MR) is 98.0 cm³/mol. The average molecular weight is 354 g/mol. The highest BCUT2D eigenvalue weighted by Gasteiger charge is 2.34. The third kappa shape index (κ3) is 4.67. The molecule has 3 N–H and O–H groups in total. The van der Waals surface area contributed by atoms with Crippen LogP contribution in [0.15, 0.2) is 36.5 Å². The van der Waals surface area contributed by atoms with Crippen LogP contribution in [0.3, 0.4) is 0 Å². The summed E-state index contributed by atoms with van der Waals surface area (Å²) in [5.41, 5.74) is 7.04. The quantitative estimate of drug-likeness (QED) is 0.867. The monoisotopic (exact) mass is 353 g/mol. The highest BCUT2D eigenvalue weighted by atomic mass is 35.5. The van der Waals surface area contributed by atoms with Gasteiger partial charge >= 0.3 is 0 Å². The van der Waals surface area contributed by atoms with Gasteiger partial charge in [0, 0.05) is 24.2 Å². The number of aliphatic hydroxyl groups excluding tert-OH is 1. The van der Waals surface area contributed by atoms with Crippen LogP contribution in [0.1, 0.15) is 23.3 Å². The van der Waals surface area contributed by atoms with Crippen LogP contribution < -0.4 is 5.73 Å². The van der Waals surface area contributed by atoms with Crippen LogP contribution in [-0.4, -0.2) is 34.7 Å². The van der Waals surface area contributed by atoms with Gasteiger partial charge in [-0.25, -0.2) is 4.98 Å². The summed E-state index contributed by atoms with van der Waals surface area (Å²) in [6, 6.07) is 10.5. The minimum atomic E-state index is 0. The van der Waals surface area contributed by atoms with Gasteiger partial charge in [-0.15, -0.1) is 23.7 Å². The van der Waals surface area contributed by atoms with E-state index in [2.05, 4.69) is 34.1 Å². The Bertz CT molecular complexity index is 597. The van der Waals surface area contributed by atoms with Crippen molar-refractivity contribution in [1.82, 2.24) is 9.88 Å². The van der Waals surface area contributed by atoms with Crippen molar-refractivity contribution < 1.29 is 5.11 Å². The zero-order valence-corrected chi connectivity index (χ0v) is 14.8. The first-order chi connectivity index (χ1) is 10.7. The largest absolute Gasteiger partial charge is 0.396 e. The van der Waals surface area contributed by atoms with E-state index in [1.807, 2.05) is 12.3 Å². The molecule has 23 heavy (non-hydrogen) atoms. The van der Waals surface area contributed by atoms with Crippen molar-refractivity contribution in [1.29, 1.82) is 0 Å². The molecule has 2 heterocycles. The highest BCUT2D eigenvalue weighted by Crippen LogP contribution is 2.35. The fourth-order valence-electron chi connectivity index (χ4n) is 3.22. The van der Waals surface area contributed by atoms with E-state index >= 15 is 0 Å². The summed E-state index contributed by atoms with van der Waals surface area (Å²) in [7, 11) is 0. The van der Waals surface area contributed by atoms with Crippen LogP contribution in [0.25, 0.3) is 0 Å². The summed E-state index contributed by atoms with van der Waals surface area (Å²) in [6.45, 7) is 3.22. The Morgan fingerprint density at radius 1 is 1.22 bits per heavy atom. The molecule has 0 radical (unpaired) electrons. The van der Waals surface area contributed by atoms with Crippen molar-refractivity contribution in [3.63, 3.8) is 0 Å². The number of likely N-dealkylation sites (tertiary alicyclic amines) is 1. The highest BCUT2D eigenvalue weighted by molar-refractivity contribution is 7.15. The van der Waals surface area contributed by atoms with E-state index in [1.165, 1.54) is 10.4 Å². The number of piperidine rings is 1. The molecule has 1 saturated heterocycles. The number of aromatic nitrogens is 1. The van der Waals surface area contributed by atoms with Crippen molar-refractivity contribution in [2.45, 2.75) is 25.8 Å². The molecule has 1 aromatic heterocycles. The van der Waals surface area contributed by atoms with E-state index in [0.717, 1.165) is 38.9 Å². The zero-order valence-electron chi connectivity index (χ0n) is 13.1. The molecule has 1 fully saturated rings. The number of halogens is 1. The second-order valence-electron chi connectivity index (χ2n) is 6.26. The van der Waals surface area contributed by atoms with Gasteiger partial charge in [0.25, 0.3) is 0 Å². The molecular weight excluding hydrogens is 330 g/mol. The van der Waals surface area contributed by atoms with Crippen LogP contribution in [0.4, 0.5) is 5.13 Å². The van der Waals surface area contributed by atoms with Crippen molar-refractivity contribution in [2.75, 3.05) is 25.4 Å². The van der Waals surface area contributed by atoms with E-state index in [-0.39, 0.29) is 24.4 Å². The number of anilines is 1. The third-order valence-corrected chi connectivity index (χ3v) is 5.44. The lowest BCUT2D eigenvalue weighted by molar-refractivity contribution is 0.0417. The Labute approximate surface area is 147 Å². The Morgan fingerprint density at radius 2 is 1.91 bits per heavy atom. The predicted octanol–water partition coefficient (Wildman–Crippen LogP) is 2.96. The molecule has 1 aromatic carbocycles. The van der Waals surface area contributed by atoms with Gasteiger partial charge in [-0.05, 0) is 43.3 Å². The number of nitrogens with two attached hydrogens (primary N) is 1. The lowest BCUT2D eigenvalue weighted by Gasteiger charge is -2.40. The number of rotatable bonds is 5. The summed E-state index contributed by atoms with van der Waals surface area (Å²) in [4.78, 5) is 7.77. The van der Waals surface area contributed by atoms with Crippen LogP contribution in [-0.2, 0) is 13.0 Å². The van der Waals surface area contributed by atoms with E-state index < -0.39 is 0 Å². The summed E-state index contributed by atoms with van der Waals surface area (Å²) in [5, 5.41) is 10.6. The fourth-order valence-corrected chi connectivity index (χ4v) is 3.95. The lowest BCUT2D eigenvalue weighted by Crippen LogP contribution is -2.42. The van der Waals surface area contributed by atoms with Gasteiger partial charge in [-0.3, -0.25) is 4.90 Å². The molecule has 0 spiro atoms. The summed E-state index contributed by atoms with van der Waals surface area (Å²) < 4.78 is 0. The molecule has 4 nitrogen and oxygen atoms in total. The zero-order chi connectivity index (χ0) is 15.4. The minimum absolute atomic E-state index is 0. The fraction of sp³-hybridized carbons (Fsp3) is 0.471. The van der Waals surface area contributed by atoms with E-state index in [0.29, 0.717) is 5.13 Å².